The summed E-state index contributed by atoms with van der Waals surface area (Å²) < 4.78 is 10.9. The van der Waals surface area contributed by atoms with Crippen molar-refractivity contribution in [3.05, 3.63) is 76.6 Å². The van der Waals surface area contributed by atoms with Crippen molar-refractivity contribution in [2.24, 2.45) is 5.92 Å². The average Bonchev–Trinajstić information content (AvgIpc) is 3.40. The Morgan fingerprint density at radius 2 is 1.62 bits per heavy atom. The molecule has 1 N–H and O–H groups in total. The predicted molar refractivity (Wildman–Crippen MR) is 127 cm³/mol. The highest BCUT2D eigenvalue weighted by Gasteiger charge is 2.40. The lowest BCUT2D eigenvalue weighted by molar-refractivity contribution is -0.120. The molecule has 0 fully saturated rings. The van der Waals surface area contributed by atoms with Crippen molar-refractivity contribution in [1.82, 2.24) is 0 Å². The minimum Gasteiger partial charge on any atom is -0.497 e. The minimum atomic E-state index is -0.398. The summed E-state index contributed by atoms with van der Waals surface area (Å²) in [6, 6.07) is 17.9. The summed E-state index contributed by atoms with van der Waals surface area (Å²) in [6.45, 7) is 4.75. The number of thiophene rings is 1. The second kappa shape index (κ2) is 9.28. The van der Waals surface area contributed by atoms with Crippen molar-refractivity contribution in [3.8, 4) is 11.5 Å². The lowest BCUT2D eigenvalue weighted by Gasteiger charge is -2.16. The van der Waals surface area contributed by atoms with Crippen molar-refractivity contribution in [2.45, 2.75) is 13.8 Å². The smallest absolute Gasteiger partial charge is 0.282 e. The third-order valence-electron chi connectivity index (χ3n) is 4.89. The Kier molecular flexibility index (Phi) is 6.28. The fourth-order valence-corrected chi connectivity index (χ4v) is 4.07. The zero-order valence-electron chi connectivity index (χ0n) is 18.1. The normalized spacial score (nSPS) is 13.8. The maximum absolute atomic E-state index is 13.4. The summed E-state index contributed by atoms with van der Waals surface area (Å²) in [5.74, 6) is 1.05. The van der Waals surface area contributed by atoms with E-state index >= 15 is 0 Å². The number of carbonyl (C=O) groups excluding carboxylic acids is 2. The third kappa shape index (κ3) is 4.38. The van der Waals surface area contributed by atoms with Crippen LogP contribution < -0.4 is 19.7 Å². The number of anilines is 2. The first-order valence-electron chi connectivity index (χ1n) is 10.3. The highest BCUT2D eigenvalue weighted by Crippen LogP contribution is 2.36. The van der Waals surface area contributed by atoms with Gasteiger partial charge >= 0.3 is 0 Å². The number of hydrogen-bond acceptors (Lipinski definition) is 6. The molecule has 6 nitrogen and oxygen atoms in total. The Hall–Kier alpha value is -3.58. The Balaban J connectivity index is 1.64. The Bertz CT molecular complexity index is 1130. The second-order valence-electron chi connectivity index (χ2n) is 7.73. The SMILES string of the molecule is COc1ccc(NC2=C(c3cccs3)C(=O)N(c3ccc(OCC(C)C)cc3)C2=O)cc1. The molecule has 0 spiro atoms. The highest BCUT2D eigenvalue weighted by molar-refractivity contribution is 7.11. The number of nitrogens with zero attached hydrogens (tertiary/aromatic N) is 1. The van der Waals surface area contributed by atoms with Gasteiger partial charge in [0.2, 0.25) is 0 Å². The molecule has 1 aromatic heterocycles. The number of nitrogens with one attached hydrogen (secondary N) is 1. The standard InChI is InChI=1S/C25H24N2O4S/c1-16(2)15-31-20-12-8-18(9-13-20)27-24(28)22(21-5-4-14-32-21)23(25(27)29)26-17-6-10-19(30-3)11-7-17/h4-14,16,26H,15H2,1-3H3. The fraction of sp³-hybridized carbons (Fsp3) is 0.200. The minimum absolute atomic E-state index is 0.253. The van der Waals surface area contributed by atoms with Gasteiger partial charge in [-0.1, -0.05) is 19.9 Å². The van der Waals surface area contributed by atoms with Crippen LogP contribution in [0, 0.1) is 5.92 Å². The van der Waals surface area contributed by atoms with E-state index in [9.17, 15) is 9.59 Å². The van der Waals surface area contributed by atoms with Gasteiger partial charge in [-0.25, -0.2) is 4.90 Å². The van der Waals surface area contributed by atoms with Gasteiger partial charge < -0.3 is 14.8 Å². The average molecular weight is 449 g/mol. The molecule has 0 saturated heterocycles. The molecule has 2 amide bonds. The predicted octanol–water partition coefficient (Wildman–Crippen LogP) is 5.19. The van der Waals surface area contributed by atoms with Crippen LogP contribution in [0.25, 0.3) is 5.57 Å². The maximum atomic E-state index is 13.4. The number of imide groups is 1. The van der Waals surface area contributed by atoms with Crippen LogP contribution >= 0.6 is 11.3 Å². The van der Waals surface area contributed by atoms with E-state index in [2.05, 4.69) is 19.2 Å². The molecule has 3 aromatic rings. The van der Waals surface area contributed by atoms with Gasteiger partial charge in [0.05, 0.1) is 25.0 Å². The van der Waals surface area contributed by atoms with Gasteiger partial charge in [-0.15, -0.1) is 11.3 Å². The van der Waals surface area contributed by atoms with E-state index in [1.54, 1.807) is 55.6 Å². The molecule has 0 radical (unpaired) electrons. The molecule has 1 aliphatic heterocycles. The monoisotopic (exact) mass is 448 g/mol. The number of ether oxygens (including phenoxy) is 2. The molecule has 2 heterocycles. The third-order valence-corrected chi connectivity index (χ3v) is 5.78. The fourth-order valence-electron chi connectivity index (χ4n) is 3.30. The first kappa shape index (κ1) is 21.6. The molecular weight excluding hydrogens is 424 g/mol. The largest absolute Gasteiger partial charge is 0.497 e. The topological polar surface area (TPSA) is 67.9 Å². The number of amides is 2. The number of carbonyl (C=O) groups is 2. The summed E-state index contributed by atoms with van der Waals surface area (Å²) >= 11 is 1.42. The van der Waals surface area contributed by atoms with E-state index in [4.69, 9.17) is 9.47 Å². The molecular formula is C25H24N2O4S. The van der Waals surface area contributed by atoms with E-state index in [0.717, 1.165) is 4.88 Å². The lowest BCUT2D eigenvalue weighted by Crippen LogP contribution is -2.32. The van der Waals surface area contributed by atoms with Crippen LogP contribution in [0.3, 0.4) is 0 Å². The molecule has 1 aliphatic rings. The molecule has 2 aromatic carbocycles. The van der Waals surface area contributed by atoms with E-state index in [0.29, 0.717) is 41.0 Å². The second-order valence-corrected chi connectivity index (χ2v) is 8.67. The Morgan fingerprint density at radius 3 is 2.22 bits per heavy atom. The quantitative estimate of drug-likeness (QED) is 0.481. The molecule has 7 heteroatoms. The summed E-state index contributed by atoms with van der Waals surface area (Å²) in [5.41, 5.74) is 1.80. The lowest BCUT2D eigenvalue weighted by atomic mass is 10.2. The van der Waals surface area contributed by atoms with E-state index < -0.39 is 5.91 Å². The highest BCUT2D eigenvalue weighted by atomic mass is 32.1. The first-order chi connectivity index (χ1) is 15.5. The summed E-state index contributed by atoms with van der Waals surface area (Å²) in [5, 5.41) is 5.03. The van der Waals surface area contributed by atoms with Gasteiger partial charge in [-0.2, -0.15) is 0 Å². The maximum Gasteiger partial charge on any atom is 0.282 e. The van der Waals surface area contributed by atoms with Crippen LogP contribution in [0.4, 0.5) is 11.4 Å². The number of hydrogen-bond donors (Lipinski definition) is 1. The molecule has 32 heavy (non-hydrogen) atoms. The molecule has 0 bridgehead atoms. The Labute approximate surface area is 191 Å². The van der Waals surface area contributed by atoms with Crippen LogP contribution in [0.15, 0.2) is 71.7 Å². The van der Waals surface area contributed by atoms with Gasteiger partial charge in [-0.3, -0.25) is 9.59 Å². The Morgan fingerprint density at radius 1 is 0.938 bits per heavy atom. The first-order valence-corrected chi connectivity index (χ1v) is 11.2. The van der Waals surface area contributed by atoms with Crippen molar-refractivity contribution in [1.29, 1.82) is 0 Å². The van der Waals surface area contributed by atoms with Gasteiger partial charge in [-0.05, 0) is 65.9 Å². The van der Waals surface area contributed by atoms with E-state index in [1.165, 1.54) is 16.2 Å². The zero-order valence-corrected chi connectivity index (χ0v) is 18.9. The van der Waals surface area contributed by atoms with Crippen LogP contribution in [-0.4, -0.2) is 25.5 Å². The van der Waals surface area contributed by atoms with Gasteiger partial charge in [0.1, 0.15) is 17.2 Å². The molecule has 0 unspecified atom stereocenters. The molecule has 4 rings (SSSR count). The zero-order chi connectivity index (χ0) is 22.7. The molecule has 0 atom stereocenters. The van der Waals surface area contributed by atoms with E-state index in [1.807, 2.05) is 17.5 Å². The summed E-state index contributed by atoms with van der Waals surface area (Å²) in [6.07, 6.45) is 0. The van der Waals surface area contributed by atoms with Crippen LogP contribution in [0.2, 0.25) is 0 Å². The van der Waals surface area contributed by atoms with Crippen LogP contribution in [-0.2, 0) is 9.59 Å². The number of rotatable bonds is 8. The van der Waals surface area contributed by atoms with Crippen molar-refractivity contribution in [3.63, 3.8) is 0 Å². The summed E-state index contributed by atoms with van der Waals surface area (Å²) in [7, 11) is 1.59. The molecule has 0 saturated carbocycles. The summed E-state index contributed by atoms with van der Waals surface area (Å²) in [4.78, 5) is 28.7. The van der Waals surface area contributed by atoms with Crippen molar-refractivity contribution < 1.29 is 19.1 Å². The van der Waals surface area contributed by atoms with Gasteiger partial charge in [0, 0.05) is 10.6 Å². The van der Waals surface area contributed by atoms with Crippen LogP contribution in [0.1, 0.15) is 18.7 Å². The van der Waals surface area contributed by atoms with Crippen LogP contribution in [0.5, 0.6) is 11.5 Å². The van der Waals surface area contributed by atoms with Crippen molar-refractivity contribution >= 4 is 40.1 Å². The number of benzene rings is 2. The molecule has 0 aliphatic carbocycles. The van der Waals surface area contributed by atoms with Gasteiger partial charge in [0.15, 0.2) is 0 Å². The number of methoxy groups -OCH3 is 1. The van der Waals surface area contributed by atoms with E-state index in [-0.39, 0.29) is 11.6 Å². The van der Waals surface area contributed by atoms with Gasteiger partial charge in [0.25, 0.3) is 11.8 Å². The molecule has 164 valence electrons. The van der Waals surface area contributed by atoms with Crippen molar-refractivity contribution in [2.75, 3.05) is 23.9 Å².